The summed E-state index contributed by atoms with van der Waals surface area (Å²) in [5.74, 6) is 1.13. The number of nitrogens with one attached hydrogen (secondary N) is 2. The number of aromatic amines is 1. The minimum absolute atomic E-state index is 0.133. The zero-order valence-electron chi connectivity index (χ0n) is 12.6. The van der Waals surface area contributed by atoms with E-state index in [1.165, 1.54) is 0 Å². The van der Waals surface area contributed by atoms with E-state index in [0.717, 1.165) is 12.0 Å². The fourth-order valence-corrected chi connectivity index (χ4v) is 1.80. The van der Waals surface area contributed by atoms with E-state index < -0.39 is 0 Å². The van der Waals surface area contributed by atoms with Crippen molar-refractivity contribution in [3.63, 3.8) is 0 Å². The summed E-state index contributed by atoms with van der Waals surface area (Å²) in [5.41, 5.74) is 1.70. The number of anilines is 1. The Morgan fingerprint density at radius 1 is 1.38 bits per heavy atom. The molecule has 1 amide bonds. The molecule has 0 saturated heterocycles. The first-order chi connectivity index (χ1) is 10.1. The lowest BCUT2D eigenvalue weighted by atomic mass is 10.2. The third-order valence-corrected chi connectivity index (χ3v) is 2.92. The van der Waals surface area contributed by atoms with Crippen molar-refractivity contribution in [3.05, 3.63) is 35.4 Å². The van der Waals surface area contributed by atoms with E-state index in [4.69, 9.17) is 4.74 Å². The van der Waals surface area contributed by atoms with Gasteiger partial charge in [-0.05, 0) is 31.0 Å². The van der Waals surface area contributed by atoms with Crippen LogP contribution in [0.4, 0.5) is 5.69 Å². The summed E-state index contributed by atoms with van der Waals surface area (Å²) in [6, 6.07) is 5.65. The average molecular weight is 288 g/mol. The minimum Gasteiger partial charge on any atom is -0.491 e. The lowest BCUT2D eigenvalue weighted by Gasteiger charge is -2.12. The third-order valence-electron chi connectivity index (χ3n) is 2.92. The highest BCUT2D eigenvalue weighted by molar-refractivity contribution is 6.02. The second-order valence-electron chi connectivity index (χ2n) is 4.76. The number of carbonyl (C=O) groups is 1. The molecule has 0 aliphatic carbocycles. The number of nitrogens with zero attached hydrogens (tertiary/aromatic N) is 2. The number of rotatable bonds is 6. The van der Waals surface area contributed by atoms with Gasteiger partial charge >= 0.3 is 0 Å². The molecule has 0 atom stereocenters. The van der Waals surface area contributed by atoms with Crippen LogP contribution in [-0.2, 0) is 6.42 Å². The van der Waals surface area contributed by atoms with Gasteiger partial charge in [-0.25, -0.2) is 4.98 Å². The minimum atomic E-state index is -0.351. The molecule has 0 unspecified atom stereocenters. The Balaban J connectivity index is 2.16. The smallest absolute Gasteiger partial charge is 0.295 e. The molecule has 0 saturated carbocycles. The molecule has 0 radical (unpaired) electrons. The Morgan fingerprint density at radius 2 is 2.19 bits per heavy atom. The number of aryl methyl sites for hydroxylation is 2. The molecule has 0 aliphatic rings. The zero-order chi connectivity index (χ0) is 15.2. The van der Waals surface area contributed by atoms with Gasteiger partial charge < -0.3 is 10.1 Å². The first-order valence-corrected chi connectivity index (χ1v) is 7.10. The normalized spacial score (nSPS) is 10.4. The van der Waals surface area contributed by atoms with Crippen LogP contribution in [0.25, 0.3) is 0 Å². The standard InChI is InChI=1S/C15H20N4O2/c1-4-8-21-12-9-10(3)6-7-11(12)16-15(20)14-17-13(5-2)18-19-14/h6-7,9H,4-5,8H2,1-3H3,(H,16,20)(H,17,18,19). The molecule has 2 rings (SSSR count). The summed E-state index contributed by atoms with van der Waals surface area (Å²) >= 11 is 0. The van der Waals surface area contributed by atoms with Crippen LogP contribution in [0.15, 0.2) is 18.2 Å². The van der Waals surface area contributed by atoms with Crippen molar-refractivity contribution in [3.8, 4) is 5.75 Å². The maximum absolute atomic E-state index is 12.1. The summed E-state index contributed by atoms with van der Waals surface area (Å²) in [7, 11) is 0. The predicted molar refractivity (Wildman–Crippen MR) is 80.7 cm³/mol. The Morgan fingerprint density at radius 3 is 2.86 bits per heavy atom. The van der Waals surface area contributed by atoms with Crippen molar-refractivity contribution < 1.29 is 9.53 Å². The number of H-pyrrole nitrogens is 1. The quantitative estimate of drug-likeness (QED) is 0.856. The van der Waals surface area contributed by atoms with Crippen molar-refractivity contribution >= 4 is 11.6 Å². The fourth-order valence-electron chi connectivity index (χ4n) is 1.80. The molecule has 0 aliphatic heterocycles. The summed E-state index contributed by atoms with van der Waals surface area (Å²) in [4.78, 5) is 16.3. The van der Waals surface area contributed by atoms with E-state index in [0.29, 0.717) is 30.3 Å². The van der Waals surface area contributed by atoms with Gasteiger partial charge in [0.1, 0.15) is 11.6 Å². The molecule has 2 N–H and O–H groups in total. The van der Waals surface area contributed by atoms with E-state index in [1.807, 2.05) is 39.0 Å². The van der Waals surface area contributed by atoms with Gasteiger partial charge in [0.2, 0.25) is 5.82 Å². The Labute approximate surface area is 123 Å². The fraction of sp³-hybridized carbons (Fsp3) is 0.400. The number of benzene rings is 1. The molecule has 2 aromatic rings. The predicted octanol–water partition coefficient (Wildman–Crippen LogP) is 2.72. The molecule has 6 heteroatoms. The zero-order valence-corrected chi connectivity index (χ0v) is 12.6. The van der Waals surface area contributed by atoms with E-state index in [9.17, 15) is 4.79 Å². The van der Waals surface area contributed by atoms with E-state index >= 15 is 0 Å². The molecule has 1 heterocycles. The highest BCUT2D eigenvalue weighted by Crippen LogP contribution is 2.26. The van der Waals surface area contributed by atoms with Crippen molar-refractivity contribution in [1.82, 2.24) is 15.2 Å². The van der Waals surface area contributed by atoms with Gasteiger partial charge in [0.25, 0.3) is 5.91 Å². The van der Waals surface area contributed by atoms with Gasteiger partial charge in [0.05, 0.1) is 12.3 Å². The molecular formula is C15H20N4O2. The number of ether oxygens (including phenoxy) is 1. The van der Waals surface area contributed by atoms with E-state index in [-0.39, 0.29) is 11.7 Å². The second-order valence-corrected chi connectivity index (χ2v) is 4.76. The topological polar surface area (TPSA) is 79.9 Å². The molecule has 0 spiro atoms. The van der Waals surface area contributed by atoms with E-state index in [2.05, 4.69) is 20.5 Å². The molecule has 21 heavy (non-hydrogen) atoms. The highest BCUT2D eigenvalue weighted by atomic mass is 16.5. The number of hydrogen-bond donors (Lipinski definition) is 2. The van der Waals surface area contributed by atoms with Gasteiger partial charge in [0, 0.05) is 6.42 Å². The van der Waals surface area contributed by atoms with Crippen LogP contribution >= 0.6 is 0 Å². The van der Waals surface area contributed by atoms with Crippen molar-refractivity contribution in [2.75, 3.05) is 11.9 Å². The second kappa shape index (κ2) is 6.88. The Hall–Kier alpha value is -2.37. The van der Waals surface area contributed by atoms with Crippen LogP contribution in [0.3, 0.4) is 0 Å². The molecule has 0 bridgehead atoms. The number of carbonyl (C=O) groups excluding carboxylic acids is 1. The van der Waals surface area contributed by atoms with Gasteiger partial charge in [-0.15, -0.1) is 5.10 Å². The van der Waals surface area contributed by atoms with Crippen molar-refractivity contribution in [2.45, 2.75) is 33.6 Å². The van der Waals surface area contributed by atoms with Crippen molar-refractivity contribution in [2.24, 2.45) is 0 Å². The lowest BCUT2D eigenvalue weighted by molar-refractivity contribution is 0.101. The summed E-state index contributed by atoms with van der Waals surface area (Å²) in [6.45, 7) is 6.56. The largest absolute Gasteiger partial charge is 0.491 e. The molecule has 1 aromatic carbocycles. The van der Waals surface area contributed by atoms with Crippen molar-refractivity contribution in [1.29, 1.82) is 0 Å². The Bertz CT molecular complexity index is 622. The van der Waals surface area contributed by atoms with E-state index in [1.54, 1.807) is 0 Å². The summed E-state index contributed by atoms with van der Waals surface area (Å²) < 4.78 is 5.67. The lowest BCUT2D eigenvalue weighted by Crippen LogP contribution is -2.15. The molecule has 6 nitrogen and oxygen atoms in total. The number of aromatic nitrogens is 3. The van der Waals surface area contributed by atoms with Crippen LogP contribution in [0.5, 0.6) is 5.75 Å². The number of hydrogen-bond acceptors (Lipinski definition) is 4. The average Bonchev–Trinajstić information content (AvgIpc) is 2.96. The summed E-state index contributed by atoms with van der Waals surface area (Å²) in [6.07, 6.45) is 1.61. The van der Waals surface area contributed by atoms with Gasteiger partial charge in [-0.3, -0.25) is 9.89 Å². The van der Waals surface area contributed by atoms with Crippen LogP contribution in [0, 0.1) is 6.92 Å². The maximum atomic E-state index is 12.1. The first-order valence-electron chi connectivity index (χ1n) is 7.10. The van der Waals surface area contributed by atoms with Crippen LogP contribution in [0.2, 0.25) is 0 Å². The van der Waals surface area contributed by atoms with Crippen LogP contribution in [-0.4, -0.2) is 27.7 Å². The van der Waals surface area contributed by atoms with Crippen LogP contribution < -0.4 is 10.1 Å². The highest BCUT2D eigenvalue weighted by Gasteiger charge is 2.14. The molecule has 0 fully saturated rings. The molecule has 1 aromatic heterocycles. The monoisotopic (exact) mass is 288 g/mol. The van der Waals surface area contributed by atoms with Crippen LogP contribution in [0.1, 0.15) is 42.3 Å². The van der Waals surface area contributed by atoms with Gasteiger partial charge in [0.15, 0.2) is 0 Å². The SMILES string of the molecule is CCCOc1cc(C)ccc1NC(=O)c1n[nH]c(CC)n1. The first kappa shape index (κ1) is 15.0. The number of amides is 1. The molecule has 112 valence electrons. The Kier molecular flexibility index (Phi) is 4.92. The summed E-state index contributed by atoms with van der Waals surface area (Å²) in [5, 5.41) is 9.42. The third kappa shape index (κ3) is 3.81. The maximum Gasteiger partial charge on any atom is 0.295 e. The van der Waals surface area contributed by atoms with Gasteiger partial charge in [-0.1, -0.05) is 19.9 Å². The van der Waals surface area contributed by atoms with Gasteiger partial charge in [-0.2, -0.15) is 0 Å². The molecular weight excluding hydrogens is 268 g/mol.